The largest absolute Gasteiger partial charge is 0.433 e. The molecule has 0 aromatic heterocycles. The molecule has 4 N–H and O–H groups in total. The number of cyclic esters (lactones) is 1. The Bertz CT molecular complexity index is 1050. The average Bonchev–Trinajstić information content (AvgIpc) is 2.95. The number of thioether (sulfide) groups is 1. The van der Waals surface area contributed by atoms with Crippen LogP contribution in [0, 0.1) is 0 Å². The second-order valence-electron chi connectivity index (χ2n) is 7.84. The fourth-order valence-electron chi connectivity index (χ4n) is 3.07. The van der Waals surface area contributed by atoms with Crippen molar-refractivity contribution < 1.29 is 23.9 Å². The molecule has 33 heavy (non-hydrogen) atoms. The number of nitrogens with zero attached hydrogens (tertiary/aromatic N) is 2. The Labute approximate surface area is 196 Å². The van der Waals surface area contributed by atoms with Crippen LogP contribution < -0.4 is 16.2 Å². The number of hydrogen-bond acceptors (Lipinski definition) is 7. The molecular formula is C23H26N4O5S. The van der Waals surface area contributed by atoms with E-state index in [1.165, 1.54) is 4.90 Å². The topological polar surface area (TPSA) is 137 Å². The molecule has 0 spiro atoms. The van der Waals surface area contributed by atoms with Crippen LogP contribution in [0.3, 0.4) is 0 Å². The van der Waals surface area contributed by atoms with Gasteiger partial charge < -0.3 is 20.9 Å². The van der Waals surface area contributed by atoms with Crippen LogP contribution in [0.2, 0.25) is 0 Å². The van der Waals surface area contributed by atoms with Crippen molar-refractivity contribution in [3.8, 4) is 5.75 Å². The summed E-state index contributed by atoms with van der Waals surface area (Å²) in [6.07, 6.45) is 0.948. The van der Waals surface area contributed by atoms with E-state index in [2.05, 4.69) is 4.99 Å². The molecule has 1 fully saturated rings. The Hall–Kier alpha value is -3.53. The van der Waals surface area contributed by atoms with Crippen LogP contribution >= 0.6 is 11.8 Å². The van der Waals surface area contributed by atoms with Crippen molar-refractivity contribution >= 4 is 41.4 Å². The van der Waals surface area contributed by atoms with Crippen LogP contribution in [0.1, 0.15) is 37.0 Å². The van der Waals surface area contributed by atoms with E-state index in [4.69, 9.17) is 20.9 Å². The zero-order valence-corrected chi connectivity index (χ0v) is 19.3. The maximum absolute atomic E-state index is 12.3. The van der Waals surface area contributed by atoms with Gasteiger partial charge in [-0.25, -0.2) is 19.5 Å². The van der Waals surface area contributed by atoms with Gasteiger partial charge in [-0.1, -0.05) is 0 Å². The second-order valence-corrected chi connectivity index (χ2v) is 9.00. The van der Waals surface area contributed by atoms with Crippen molar-refractivity contribution in [2.75, 3.05) is 12.3 Å². The highest BCUT2D eigenvalue weighted by Crippen LogP contribution is 2.25. The van der Waals surface area contributed by atoms with Crippen LogP contribution in [0.4, 0.5) is 10.5 Å². The number of rotatable bonds is 9. The molecule has 1 aliphatic rings. The van der Waals surface area contributed by atoms with Gasteiger partial charge in [-0.3, -0.25) is 4.79 Å². The number of amides is 2. The number of benzene rings is 2. The van der Waals surface area contributed by atoms with Crippen LogP contribution in [-0.4, -0.2) is 46.7 Å². The summed E-state index contributed by atoms with van der Waals surface area (Å²) < 4.78 is 10.5. The lowest BCUT2D eigenvalue weighted by Crippen LogP contribution is -2.36. The average molecular weight is 471 g/mol. The summed E-state index contributed by atoms with van der Waals surface area (Å²) in [5, 5.41) is 0. The van der Waals surface area contributed by atoms with Gasteiger partial charge in [0.15, 0.2) is 11.6 Å². The number of carbonyl (C=O) groups excluding carboxylic acids is 3. The van der Waals surface area contributed by atoms with Crippen molar-refractivity contribution in [3.63, 3.8) is 0 Å². The molecule has 0 radical (unpaired) electrons. The highest BCUT2D eigenvalue weighted by atomic mass is 32.2. The first-order valence-corrected chi connectivity index (χ1v) is 11.3. The zero-order valence-electron chi connectivity index (χ0n) is 18.4. The Morgan fingerprint density at radius 1 is 1.06 bits per heavy atom. The van der Waals surface area contributed by atoms with E-state index >= 15 is 0 Å². The van der Waals surface area contributed by atoms with Gasteiger partial charge in [0.25, 0.3) is 5.91 Å². The maximum atomic E-state index is 12.3. The fraction of sp³-hybridized carbons (Fsp3) is 0.304. The summed E-state index contributed by atoms with van der Waals surface area (Å²) in [4.78, 5) is 42.3. The molecule has 0 bridgehead atoms. The van der Waals surface area contributed by atoms with Crippen molar-refractivity contribution in [2.24, 2.45) is 16.5 Å². The standard InChI is InChI=1S/C23H26N4O5S/c1-23(2)20(29)27(22(30)32-23)13-3-4-14-33-18-11-9-17(10-12-18)31-19(28)15-5-7-16(8-6-15)26-21(24)25/h5-12H,3-4,13-14H2,1-2H3,(H4,24,25,26). The summed E-state index contributed by atoms with van der Waals surface area (Å²) in [5.41, 5.74) is 10.5. The minimum atomic E-state index is -1.08. The monoisotopic (exact) mass is 470 g/mol. The van der Waals surface area contributed by atoms with Crippen molar-refractivity contribution in [3.05, 3.63) is 54.1 Å². The minimum absolute atomic E-state index is 0.0567. The van der Waals surface area contributed by atoms with Gasteiger partial charge in [-0.15, -0.1) is 11.8 Å². The molecular weight excluding hydrogens is 444 g/mol. The number of guanidine groups is 1. The lowest BCUT2D eigenvalue weighted by Gasteiger charge is -2.13. The summed E-state index contributed by atoms with van der Waals surface area (Å²) in [6.45, 7) is 3.53. The summed E-state index contributed by atoms with van der Waals surface area (Å²) in [5.74, 6) is 0.423. The van der Waals surface area contributed by atoms with Gasteiger partial charge in [0.05, 0.1) is 11.3 Å². The smallest absolute Gasteiger partial charge is 0.417 e. The van der Waals surface area contributed by atoms with Crippen LogP contribution in [-0.2, 0) is 9.53 Å². The summed E-state index contributed by atoms with van der Waals surface area (Å²) >= 11 is 1.64. The van der Waals surface area contributed by atoms with E-state index in [1.807, 2.05) is 12.1 Å². The number of imide groups is 1. The molecule has 1 heterocycles. The molecule has 174 valence electrons. The van der Waals surface area contributed by atoms with Gasteiger partial charge in [-0.2, -0.15) is 0 Å². The molecule has 0 unspecified atom stereocenters. The number of esters is 1. The van der Waals surface area contributed by atoms with E-state index in [0.29, 0.717) is 30.0 Å². The molecule has 2 aromatic carbocycles. The third kappa shape index (κ3) is 6.48. The first-order valence-electron chi connectivity index (χ1n) is 10.4. The second kappa shape index (κ2) is 10.4. The fourth-order valence-corrected chi connectivity index (χ4v) is 3.98. The van der Waals surface area contributed by atoms with Gasteiger partial charge in [0.2, 0.25) is 0 Å². The molecule has 9 nitrogen and oxygen atoms in total. The van der Waals surface area contributed by atoms with Crippen LogP contribution in [0.5, 0.6) is 5.75 Å². The minimum Gasteiger partial charge on any atom is -0.433 e. The van der Waals surface area contributed by atoms with Gasteiger partial charge in [0.1, 0.15) is 5.75 Å². The Morgan fingerprint density at radius 3 is 2.30 bits per heavy atom. The summed E-state index contributed by atoms with van der Waals surface area (Å²) in [7, 11) is 0. The lowest BCUT2D eigenvalue weighted by atomic mass is 10.1. The van der Waals surface area contributed by atoms with E-state index in [-0.39, 0.29) is 11.9 Å². The number of hydrogen-bond donors (Lipinski definition) is 2. The number of ether oxygens (including phenoxy) is 2. The van der Waals surface area contributed by atoms with E-state index < -0.39 is 17.7 Å². The Balaban J connectivity index is 1.41. The molecule has 1 aliphatic heterocycles. The summed E-state index contributed by atoms with van der Waals surface area (Å²) in [6, 6.07) is 13.6. The lowest BCUT2D eigenvalue weighted by molar-refractivity contribution is -0.134. The third-order valence-electron chi connectivity index (χ3n) is 4.76. The van der Waals surface area contributed by atoms with Crippen molar-refractivity contribution in [1.82, 2.24) is 4.90 Å². The Morgan fingerprint density at radius 2 is 1.73 bits per heavy atom. The quantitative estimate of drug-likeness (QED) is 0.142. The molecule has 0 atom stereocenters. The molecule has 2 amide bonds. The molecule has 1 saturated heterocycles. The zero-order chi connectivity index (χ0) is 24.0. The number of aliphatic imine (C=N–C) groups is 1. The van der Waals surface area contributed by atoms with Gasteiger partial charge in [-0.05, 0) is 81.0 Å². The Kier molecular flexibility index (Phi) is 7.59. The van der Waals surface area contributed by atoms with Gasteiger partial charge >= 0.3 is 12.1 Å². The first-order chi connectivity index (χ1) is 15.7. The SMILES string of the molecule is CC1(C)OC(=O)N(CCCCSc2ccc(OC(=O)c3ccc(N=C(N)N)cc3)cc2)C1=O. The maximum Gasteiger partial charge on any atom is 0.417 e. The van der Waals surface area contributed by atoms with E-state index in [9.17, 15) is 14.4 Å². The predicted molar refractivity (Wildman–Crippen MR) is 126 cm³/mol. The molecule has 3 rings (SSSR count). The highest BCUT2D eigenvalue weighted by molar-refractivity contribution is 7.99. The number of unbranched alkanes of at least 4 members (excludes halogenated alkanes) is 1. The third-order valence-corrected chi connectivity index (χ3v) is 5.86. The van der Waals surface area contributed by atoms with Crippen molar-refractivity contribution in [1.29, 1.82) is 0 Å². The predicted octanol–water partition coefficient (Wildman–Crippen LogP) is 3.44. The molecule has 10 heteroatoms. The normalized spacial score (nSPS) is 14.7. The van der Waals surface area contributed by atoms with Crippen LogP contribution in [0.25, 0.3) is 0 Å². The van der Waals surface area contributed by atoms with Crippen molar-refractivity contribution in [2.45, 2.75) is 37.2 Å². The number of nitrogens with two attached hydrogens (primary N) is 2. The van der Waals surface area contributed by atoms with E-state index in [0.717, 1.165) is 17.1 Å². The van der Waals surface area contributed by atoms with Gasteiger partial charge in [0, 0.05) is 11.4 Å². The van der Waals surface area contributed by atoms with Crippen LogP contribution in [0.15, 0.2) is 58.4 Å². The molecule has 0 saturated carbocycles. The van der Waals surface area contributed by atoms with E-state index in [1.54, 1.807) is 62.0 Å². The molecule has 2 aromatic rings. The molecule has 0 aliphatic carbocycles. The highest BCUT2D eigenvalue weighted by Gasteiger charge is 2.46. The first kappa shape index (κ1) is 24.1. The number of carbonyl (C=O) groups is 3.